The van der Waals surface area contributed by atoms with Gasteiger partial charge < -0.3 is 21.1 Å². The van der Waals surface area contributed by atoms with Crippen molar-refractivity contribution in [3.63, 3.8) is 0 Å². The van der Waals surface area contributed by atoms with Crippen LogP contribution in [-0.2, 0) is 4.79 Å². The Balaban J connectivity index is 1.94. The number of rotatable bonds is 3. The molecule has 0 saturated carbocycles. The fraction of sp³-hybridized carbons (Fsp3) is 0.111. The maximum Gasteiger partial charge on any atom is 0.319 e. The molecule has 3 rings (SSSR count). The monoisotopic (exact) mass is 323 g/mol. The fourth-order valence-electron chi connectivity index (χ4n) is 2.63. The number of hydrogen-bond donors (Lipinski definition) is 4. The lowest BCUT2D eigenvalue weighted by molar-refractivity contribution is -0.113. The highest BCUT2D eigenvalue weighted by Crippen LogP contribution is 2.28. The number of urea groups is 1. The molecule has 1 heterocycles. The average molecular weight is 323 g/mol. The van der Waals surface area contributed by atoms with Crippen molar-refractivity contribution in [3.05, 3.63) is 71.4 Å². The standard InChI is InChI=1S/C18H17N3O3/c1-11-15(17(23)20-13-5-3-2-4-6-13)16(21-18(24)19-11)12-7-9-14(22)10-8-12/h2-10,16,22H,1H3,(H,20,23)(H2,19,21,24)/t16-/m0/s1. The SMILES string of the molecule is CC1=C(C(=O)Nc2ccccc2)[C@H](c2ccc(O)cc2)NC(=O)N1. The van der Waals surface area contributed by atoms with E-state index in [4.69, 9.17) is 0 Å². The molecule has 4 N–H and O–H groups in total. The van der Waals surface area contributed by atoms with Gasteiger partial charge in [-0.3, -0.25) is 4.79 Å². The molecule has 0 aromatic heterocycles. The van der Waals surface area contributed by atoms with Gasteiger partial charge >= 0.3 is 6.03 Å². The Morgan fingerprint density at radius 3 is 2.42 bits per heavy atom. The first kappa shape index (κ1) is 15.6. The van der Waals surface area contributed by atoms with Crippen LogP contribution < -0.4 is 16.0 Å². The molecule has 0 aliphatic carbocycles. The summed E-state index contributed by atoms with van der Waals surface area (Å²) in [4.78, 5) is 24.5. The van der Waals surface area contributed by atoms with Gasteiger partial charge in [-0.15, -0.1) is 0 Å². The Bertz CT molecular complexity index is 798. The topological polar surface area (TPSA) is 90.5 Å². The summed E-state index contributed by atoms with van der Waals surface area (Å²) in [6.45, 7) is 1.69. The van der Waals surface area contributed by atoms with E-state index in [0.717, 1.165) is 0 Å². The minimum atomic E-state index is -0.594. The molecule has 0 fully saturated rings. The number of benzene rings is 2. The molecule has 2 aromatic carbocycles. The molecule has 0 radical (unpaired) electrons. The third-order valence-electron chi connectivity index (χ3n) is 3.77. The highest BCUT2D eigenvalue weighted by atomic mass is 16.3. The first-order valence-corrected chi connectivity index (χ1v) is 7.48. The van der Waals surface area contributed by atoms with Crippen molar-refractivity contribution in [1.29, 1.82) is 0 Å². The van der Waals surface area contributed by atoms with E-state index in [2.05, 4.69) is 16.0 Å². The molecule has 122 valence electrons. The van der Waals surface area contributed by atoms with Crippen LogP contribution in [0, 0.1) is 0 Å². The van der Waals surface area contributed by atoms with Crippen LogP contribution in [0.1, 0.15) is 18.5 Å². The van der Waals surface area contributed by atoms with Gasteiger partial charge in [0.25, 0.3) is 5.91 Å². The van der Waals surface area contributed by atoms with Gasteiger partial charge in [0.15, 0.2) is 0 Å². The molecule has 3 amide bonds. The molecule has 0 spiro atoms. The molecule has 0 saturated heterocycles. The van der Waals surface area contributed by atoms with Crippen molar-refractivity contribution >= 4 is 17.6 Å². The number of phenolic OH excluding ortho intramolecular Hbond substituents is 1. The number of amides is 3. The molecule has 6 heteroatoms. The van der Waals surface area contributed by atoms with Crippen molar-refractivity contribution in [2.24, 2.45) is 0 Å². The summed E-state index contributed by atoms with van der Waals surface area (Å²) in [5.74, 6) is -0.181. The van der Waals surface area contributed by atoms with Gasteiger partial charge in [-0.2, -0.15) is 0 Å². The maximum atomic E-state index is 12.7. The van der Waals surface area contributed by atoms with E-state index in [1.165, 1.54) is 12.1 Å². The van der Waals surface area contributed by atoms with Gasteiger partial charge in [0, 0.05) is 11.4 Å². The van der Waals surface area contributed by atoms with E-state index in [1.54, 1.807) is 31.2 Å². The van der Waals surface area contributed by atoms with Crippen LogP contribution in [0.25, 0.3) is 0 Å². The van der Waals surface area contributed by atoms with Crippen LogP contribution in [0.5, 0.6) is 5.75 Å². The van der Waals surface area contributed by atoms with Gasteiger partial charge in [0.1, 0.15) is 5.75 Å². The largest absolute Gasteiger partial charge is 0.508 e. The highest BCUT2D eigenvalue weighted by Gasteiger charge is 2.31. The van der Waals surface area contributed by atoms with Crippen molar-refractivity contribution in [2.45, 2.75) is 13.0 Å². The molecular weight excluding hydrogens is 306 g/mol. The van der Waals surface area contributed by atoms with Gasteiger partial charge in [0.05, 0.1) is 11.6 Å². The predicted octanol–water partition coefficient (Wildman–Crippen LogP) is 2.66. The second-order valence-electron chi connectivity index (χ2n) is 5.48. The lowest BCUT2D eigenvalue weighted by Crippen LogP contribution is -2.45. The van der Waals surface area contributed by atoms with Crippen LogP contribution >= 0.6 is 0 Å². The second-order valence-corrected chi connectivity index (χ2v) is 5.48. The minimum Gasteiger partial charge on any atom is -0.508 e. The molecular formula is C18H17N3O3. The number of hydrogen-bond acceptors (Lipinski definition) is 3. The third kappa shape index (κ3) is 3.22. The normalized spacial score (nSPS) is 17.0. The van der Waals surface area contributed by atoms with E-state index in [1.807, 2.05) is 18.2 Å². The van der Waals surface area contributed by atoms with Crippen molar-refractivity contribution in [1.82, 2.24) is 10.6 Å². The zero-order valence-corrected chi connectivity index (χ0v) is 13.0. The summed E-state index contributed by atoms with van der Waals surface area (Å²) in [5, 5.41) is 17.6. The number of allylic oxidation sites excluding steroid dienone is 1. The van der Waals surface area contributed by atoms with E-state index >= 15 is 0 Å². The summed E-state index contributed by atoms with van der Waals surface area (Å²) in [6.07, 6.45) is 0. The van der Waals surface area contributed by atoms with E-state index < -0.39 is 6.04 Å². The first-order valence-electron chi connectivity index (χ1n) is 7.48. The molecule has 1 aliphatic heterocycles. The molecule has 6 nitrogen and oxygen atoms in total. The Hall–Kier alpha value is -3.28. The molecule has 2 aromatic rings. The van der Waals surface area contributed by atoms with Crippen molar-refractivity contribution < 1.29 is 14.7 Å². The predicted molar refractivity (Wildman–Crippen MR) is 90.3 cm³/mol. The maximum absolute atomic E-state index is 12.7. The van der Waals surface area contributed by atoms with Crippen molar-refractivity contribution in [2.75, 3.05) is 5.32 Å². The highest BCUT2D eigenvalue weighted by molar-refractivity contribution is 6.06. The summed E-state index contributed by atoms with van der Waals surface area (Å²) < 4.78 is 0. The van der Waals surface area contributed by atoms with Crippen LogP contribution in [0.4, 0.5) is 10.5 Å². The smallest absolute Gasteiger partial charge is 0.319 e. The average Bonchev–Trinajstić information content (AvgIpc) is 2.55. The number of carbonyl (C=O) groups is 2. The Morgan fingerprint density at radius 2 is 1.75 bits per heavy atom. The van der Waals surface area contributed by atoms with Gasteiger partial charge in [-0.05, 0) is 36.8 Å². The lowest BCUT2D eigenvalue weighted by Gasteiger charge is -2.28. The minimum absolute atomic E-state index is 0.120. The van der Waals surface area contributed by atoms with Gasteiger partial charge in [-0.1, -0.05) is 30.3 Å². The Kier molecular flexibility index (Phi) is 4.20. The third-order valence-corrected chi connectivity index (χ3v) is 3.77. The summed E-state index contributed by atoms with van der Waals surface area (Å²) in [7, 11) is 0. The van der Waals surface area contributed by atoms with Crippen LogP contribution in [0.15, 0.2) is 65.9 Å². The fourth-order valence-corrected chi connectivity index (χ4v) is 2.63. The zero-order chi connectivity index (χ0) is 17.1. The van der Waals surface area contributed by atoms with Crippen molar-refractivity contribution in [3.8, 4) is 5.75 Å². The first-order chi connectivity index (χ1) is 11.5. The van der Waals surface area contributed by atoms with Gasteiger partial charge in [-0.25, -0.2) is 4.79 Å². The zero-order valence-electron chi connectivity index (χ0n) is 13.0. The lowest BCUT2D eigenvalue weighted by atomic mass is 9.94. The number of para-hydroxylation sites is 1. The molecule has 1 aliphatic rings. The van der Waals surface area contributed by atoms with E-state index in [0.29, 0.717) is 22.5 Å². The molecule has 0 bridgehead atoms. The summed E-state index contributed by atoms with van der Waals surface area (Å²) >= 11 is 0. The van der Waals surface area contributed by atoms with Crippen LogP contribution in [0.2, 0.25) is 0 Å². The number of carbonyl (C=O) groups excluding carboxylic acids is 2. The van der Waals surface area contributed by atoms with Crippen LogP contribution in [0.3, 0.4) is 0 Å². The Morgan fingerprint density at radius 1 is 1.08 bits per heavy atom. The number of phenols is 1. The second kappa shape index (κ2) is 6.45. The molecule has 24 heavy (non-hydrogen) atoms. The number of anilines is 1. The van der Waals surface area contributed by atoms with E-state index in [9.17, 15) is 14.7 Å². The van der Waals surface area contributed by atoms with Gasteiger partial charge in [0.2, 0.25) is 0 Å². The van der Waals surface area contributed by atoms with E-state index in [-0.39, 0.29) is 17.7 Å². The molecule has 1 atom stereocenters. The molecule has 0 unspecified atom stereocenters. The summed E-state index contributed by atoms with van der Waals surface area (Å²) in [5.41, 5.74) is 2.29. The summed E-state index contributed by atoms with van der Waals surface area (Å²) in [6, 6.07) is 14.5. The Labute approximate surface area is 139 Å². The van der Waals surface area contributed by atoms with Crippen LogP contribution in [-0.4, -0.2) is 17.0 Å². The number of nitrogens with one attached hydrogen (secondary N) is 3. The quantitative estimate of drug-likeness (QED) is 0.700. The number of aromatic hydroxyl groups is 1.